The van der Waals surface area contributed by atoms with Crippen LogP contribution >= 0.6 is 0 Å². The van der Waals surface area contributed by atoms with Gasteiger partial charge in [-0.25, -0.2) is 0 Å². The second-order valence-corrected chi connectivity index (χ2v) is 7.92. The van der Waals surface area contributed by atoms with Gasteiger partial charge in [-0.05, 0) is 49.3 Å². The third-order valence-corrected chi connectivity index (χ3v) is 5.92. The van der Waals surface area contributed by atoms with Gasteiger partial charge in [0.2, 0.25) is 0 Å². The average Bonchev–Trinajstić information content (AvgIpc) is 2.61. The number of hydrogen-bond donors (Lipinski definition) is 1. The summed E-state index contributed by atoms with van der Waals surface area (Å²) in [4.78, 5) is 17.1. The molecule has 1 aliphatic rings. The normalized spacial score (nSPS) is 15.9. The number of nitrogens with two attached hydrogens (primary N) is 1. The third kappa shape index (κ3) is 3.21. The molecule has 1 saturated carbocycles. The van der Waals surface area contributed by atoms with Crippen molar-refractivity contribution in [1.82, 2.24) is 9.55 Å². The predicted octanol–water partition coefficient (Wildman–Crippen LogP) is 3.60. The molecule has 0 aliphatic heterocycles. The number of aryl methyl sites for hydroxylation is 3. The van der Waals surface area contributed by atoms with E-state index in [1.807, 2.05) is 26.0 Å². The second-order valence-electron chi connectivity index (χ2n) is 7.92. The quantitative estimate of drug-likeness (QED) is 0.701. The number of rotatable bonds is 5. The lowest BCUT2D eigenvalue weighted by Gasteiger charge is -2.28. The van der Waals surface area contributed by atoms with Crippen LogP contribution in [0.5, 0.6) is 5.75 Å². The van der Waals surface area contributed by atoms with Crippen molar-refractivity contribution in [2.24, 2.45) is 18.7 Å². The van der Waals surface area contributed by atoms with E-state index in [1.165, 1.54) is 19.3 Å². The van der Waals surface area contributed by atoms with Gasteiger partial charge in [-0.1, -0.05) is 19.3 Å². The van der Waals surface area contributed by atoms with Gasteiger partial charge in [0.15, 0.2) is 0 Å². The maximum atomic E-state index is 12.8. The van der Waals surface area contributed by atoms with Crippen molar-refractivity contribution in [3.8, 4) is 5.75 Å². The van der Waals surface area contributed by atoms with Crippen LogP contribution in [-0.2, 0) is 7.05 Å². The average molecular weight is 365 g/mol. The number of aromatic nitrogens is 2. The lowest BCUT2D eigenvalue weighted by atomic mass is 9.81. The Labute approximate surface area is 159 Å². The Morgan fingerprint density at radius 3 is 2.78 bits per heavy atom. The van der Waals surface area contributed by atoms with E-state index in [0.29, 0.717) is 12.0 Å². The van der Waals surface area contributed by atoms with Crippen molar-refractivity contribution >= 4 is 21.7 Å². The maximum absolute atomic E-state index is 12.8. The zero-order valence-electron chi connectivity index (χ0n) is 16.3. The van der Waals surface area contributed by atoms with Crippen molar-refractivity contribution in [3.63, 3.8) is 0 Å². The summed E-state index contributed by atoms with van der Waals surface area (Å²) in [7, 11) is 1.80. The van der Waals surface area contributed by atoms with Crippen LogP contribution in [0, 0.1) is 19.8 Å². The molecule has 27 heavy (non-hydrogen) atoms. The van der Waals surface area contributed by atoms with E-state index in [1.54, 1.807) is 17.8 Å². The van der Waals surface area contributed by atoms with Crippen LogP contribution < -0.4 is 16.0 Å². The van der Waals surface area contributed by atoms with Crippen molar-refractivity contribution in [3.05, 3.63) is 46.0 Å². The molecule has 0 spiro atoms. The molecule has 0 radical (unpaired) electrons. The minimum absolute atomic E-state index is 0.0282. The fourth-order valence-corrected chi connectivity index (χ4v) is 4.09. The van der Waals surface area contributed by atoms with Gasteiger partial charge in [-0.15, -0.1) is 0 Å². The zero-order chi connectivity index (χ0) is 19.1. The Balaban J connectivity index is 1.71. The molecule has 1 aromatic carbocycles. The molecular weight excluding hydrogens is 338 g/mol. The maximum Gasteiger partial charge on any atom is 0.260 e. The van der Waals surface area contributed by atoms with Crippen molar-refractivity contribution in [2.75, 3.05) is 6.61 Å². The third-order valence-electron chi connectivity index (χ3n) is 5.92. The summed E-state index contributed by atoms with van der Waals surface area (Å²) in [6.07, 6.45) is 6.72. The summed E-state index contributed by atoms with van der Waals surface area (Å²) in [6, 6.07) is 6.04. The SMILES string of the molecule is Cc1cc2c3ccnc(C)c3c(=O)n(C)c2cc1OC[C@@H](N)CC1CCC1. The Bertz CT molecular complexity index is 1070. The van der Waals surface area contributed by atoms with Gasteiger partial charge in [-0.3, -0.25) is 9.78 Å². The molecule has 0 bridgehead atoms. The van der Waals surface area contributed by atoms with Crippen molar-refractivity contribution in [2.45, 2.75) is 45.6 Å². The summed E-state index contributed by atoms with van der Waals surface area (Å²) < 4.78 is 7.74. The Morgan fingerprint density at radius 1 is 1.30 bits per heavy atom. The first-order chi connectivity index (χ1) is 13.0. The Kier molecular flexibility index (Phi) is 4.64. The highest BCUT2D eigenvalue weighted by molar-refractivity contribution is 6.06. The molecule has 4 rings (SSSR count). The lowest BCUT2D eigenvalue weighted by molar-refractivity contribution is 0.223. The molecule has 2 aromatic heterocycles. The topological polar surface area (TPSA) is 70.1 Å². The Morgan fingerprint density at radius 2 is 2.07 bits per heavy atom. The molecule has 1 aliphatic carbocycles. The first-order valence-corrected chi connectivity index (χ1v) is 9.72. The largest absolute Gasteiger partial charge is 0.492 e. The minimum atomic E-state index is -0.0282. The number of benzene rings is 1. The highest BCUT2D eigenvalue weighted by Crippen LogP contribution is 2.32. The predicted molar refractivity (Wildman–Crippen MR) is 109 cm³/mol. The molecule has 0 amide bonds. The summed E-state index contributed by atoms with van der Waals surface area (Å²) in [5.74, 6) is 1.57. The number of fused-ring (bicyclic) bond motifs is 3. The monoisotopic (exact) mass is 365 g/mol. The summed E-state index contributed by atoms with van der Waals surface area (Å²) in [5, 5.41) is 2.67. The fraction of sp³-hybridized carbons (Fsp3) is 0.455. The van der Waals surface area contributed by atoms with E-state index in [0.717, 1.165) is 45.6 Å². The molecule has 5 heteroatoms. The van der Waals surface area contributed by atoms with Crippen LogP contribution in [0.15, 0.2) is 29.2 Å². The van der Waals surface area contributed by atoms with Crippen LogP contribution in [0.1, 0.15) is 36.9 Å². The smallest absolute Gasteiger partial charge is 0.260 e. The van der Waals surface area contributed by atoms with Crippen LogP contribution in [0.25, 0.3) is 21.7 Å². The van der Waals surface area contributed by atoms with Crippen LogP contribution in [0.4, 0.5) is 0 Å². The number of ether oxygens (including phenoxy) is 1. The Hall–Kier alpha value is -2.40. The molecule has 3 aromatic rings. The molecule has 2 heterocycles. The van der Waals surface area contributed by atoms with Crippen LogP contribution in [0.3, 0.4) is 0 Å². The molecule has 0 unspecified atom stereocenters. The number of nitrogens with zero attached hydrogens (tertiary/aromatic N) is 2. The second kappa shape index (κ2) is 6.97. The molecule has 142 valence electrons. The number of pyridine rings is 2. The first kappa shape index (κ1) is 18.0. The van der Waals surface area contributed by atoms with Crippen LogP contribution in [0.2, 0.25) is 0 Å². The van der Waals surface area contributed by atoms with E-state index in [2.05, 4.69) is 11.1 Å². The van der Waals surface area contributed by atoms with E-state index in [9.17, 15) is 4.79 Å². The standard InChI is InChI=1S/C22H27N3O2/c1-13-9-18-17-7-8-24-14(2)21(17)22(26)25(3)19(18)11-20(13)27-12-16(23)10-15-5-4-6-15/h7-9,11,15-16H,4-6,10,12,23H2,1-3H3/t16-/m0/s1. The van der Waals surface area contributed by atoms with Crippen molar-refractivity contribution in [1.29, 1.82) is 0 Å². The summed E-state index contributed by atoms with van der Waals surface area (Å²) in [5.41, 5.74) is 8.90. The molecule has 1 atom stereocenters. The van der Waals surface area contributed by atoms with Crippen molar-refractivity contribution < 1.29 is 4.74 Å². The molecule has 2 N–H and O–H groups in total. The van der Waals surface area contributed by atoms with E-state index in [-0.39, 0.29) is 11.6 Å². The molecule has 1 fully saturated rings. The lowest BCUT2D eigenvalue weighted by Crippen LogP contribution is -2.32. The van der Waals surface area contributed by atoms with E-state index in [4.69, 9.17) is 10.5 Å². The highest BCUT2D eigenvalue weighted by Gasteiger charge is 2.21. The highest BCUT2D eigenvalue weighted by atomic mass is 16.5. The molecular formula is C22H27N3O2. The van der Waals surface area contributed by atoms with Gasteiger partial charge < -0.3 is 15.0 Å². The van der Waals surface area contributed by atoms with E-state index >= 15 is 0 Å². The van der Waals surface area contributed by atoms with Gasteiger partial charge >= 0.3 is 0 Å². The summed E-state index contributed by atoms with van der Waals surface area (Å²) >= 11 is 0. The van der Waals surface area contributed by atoms with Gasteiger partial charge in [0.25, 0.3) is 5.56 Å². The zero-order valence-corrected chi connectivity index (χ0v) is 16.3. The number of hydrogen-bond acceptors (Lipinski definition) is 4. The molecule has 5 nitrogen and oxygen atoms in total. The van der Waals surface area contributed by atoms with Crippen LogP contribution in [-0.4, -0.2) is 22.2 Å². The van der Waals surface area contributed by atoms with E-state index < -0.39 is 0 Å². The summed E-state index contributed by atoms with van der Waals surface area (Å²) in [6.45, 7) is 4.42. The van der Waals surface area contributed by atoms with Gasteiger partial charge in [-0.2, -0.15) is 0 Å². The van der Waals surface area contributed by atoms with Gasteiger partial charge in [0, 0.05) is 30.7 Å². The van der Waals surface area contributed by atoms with Gasteiger partial charge in [0.1, 0.15) is 12.4 Å². The first-order valence-electron chi connectivity index (χ1n) is 9.72. The fourth-order valence-electron chi connectivity index (χ4n) is 4.09. The van der Waals surface area contributed by atoms with Gasteiger partial charge in [0.05, 0.1) is 16.6 Å². The molecule has 0 saturated heterocycles. The minimum Gasteiger partial charge on any atom is -0.492 e.